The van der Waals surface area contributed by atoms with E-state index in [0.717, 1.165) is 21.8 Å². The molecular weight excluding hydrogens is 302 g/mol. The van der Waals surface area contributed by atoms with Gasteiger partial charge in [-0.15, -0.1) is 11.8 Å². The second-order valence-electron chi connectivity index (χ2n) is 6.41. The second-order valence-corrected chi connectivity index (χ2v) is 7.84. The van der Waals surface area contributed by atoms with Crippen LogP contribution in [0.15, 0.2) is 29.2 Å². The first-order valence-corrected chi connectivity index (χ1v) is 9.16. The first kappa shape index (κ1) is 15.2. The summed E-state index contributed by atoms with van der Waals surface area (Å²) < 4.78 is 0. The smallest absolute Gasteiger partial charge is 0.230 e. The summed E-state index contributed by atoms with van der Waals surface area (Å²) in [6.45, 7) is 2.17. The summed E-state index contributed by atoms with van der Waals surface area (Å²) >= 11 is 7.62. The van der Waals surface area contributed by atoms with Crippen LogP contribution in [0, 0.1) is 17.8 Å². The van der Waals surface area contributed by atoms with Crippen molar-refractivity contribution >= 4 is 29.3 Å². The van der Waals surface area contributed by atoms with Gasteiger partial charge in [0.1, 0.15) is 0 Å². The van der Waals surface area contributed by atoms with Crippen molar-refractivity contribution in [2.24, 2.45) is 17.8 Å². The number of carbonyl (C=O) groups excluding carboxylic acids is 1. The van der Waals surface area contributed by atoms with E-state index < -0.39 is 0 Å². The molecule has 0 saturated heterocycles. The molecule has 3 rings (SSSR count). The zero-order valence-corrected chi connectivity index (χ0v) is 13.9. The van der Waals surface area contributed by atoms with Gasteiger partial charge >= 0.3 is 0 Å². The Morgan fingerprint density at radius 1 is 1.38 bits per heavy atom. The van der Waals surface area contributed by atoms with E-state index in [1.807, 2.05) is 24.3 Å². The molecular formula is C17H22ClNOS. The number of benzene rings is 1. The SMILES string of the molecule is C[C@H](NC(=O)CSc1ccccc1Cl)[C@H]1C[C@@H]2CC[C@@H]1C2. The highest BCUT2D eigenvalue weighted by Crippen LogP contribution is 2.49. The molecule has 4 atom stereocenters. The predicted molar refractivity (Wildman–Crippen MR) is 88.7 cm³/mol. The minimum atomic E-state index is 0.121. The summed E-state index contributed by atoms with van der Waals surface area (Å²) in [5.74, 6) is 3.03. The van der Waals surface area contributed by atoms with Gasteiger partial charge in [0.15, 0.2) is 0 Å². The molecule has 2 fully saturated rings. The van der Waals surface area contributed by atoms with Crippen molar-refractivity contribution in [2.75, 3.05) is 5.75 Å². The van der Waals surface area contributed by atoms with Crippen LogP contribution in [-0.4, -0.2) is 17.7 Å². The van der Waals surface area contributed by atoms with Crippen molar-refractivity contribution in [3.8, 4) is 0 Å². The molecule has 1 aromatic rings. The van der Waals surface area contributed by atoms with E-state index >= 15 is 0 Å². The van der Waals surface area contributed by atoms with Crippen molar-refractivity contribution in [3.05, 3.63) is 29.3 Å². The van der Waals surface area contributed by atoms with Crippen LogP contribution >= 0.6 is 23.4 Å². The van der Waals surface area contributed by atoms with E-state index in [0.29, 0.717) is 17.7 Å². The molecule has 21 heavy (non-hydrogen) atoms. The van der Waals surface area contributed by atoms with E-state index in [2.05, 4.69) is 12.2 Å². The number of hydrogen-bond donors (Lipinski definition) is 1. The Morgan fingerprint density at radius 2 is 2.19 bits per heavy atom. The lowest BCUT2D eigenvalue weighted by Gasteiger charge is -2.28. The first-order chi connectivity index (χ1) is 10.1. The Morgan fingerprint density at radius 3 is 2.86 bits per heavy atom. The first-order valence-electron chi connectivity index (χ1n) is 7.80. The number of amides is 1. The van der Waals surface area contributed by atoms with Gasteiger partial charge in [-0.1, -0.05) is 30.2 Å². The van der Waals surface area contributed by atoms with Crippen molar-refractivity contribution in [2.45, 2.75) is 43.5 Å². The number of rotatable bonds is 5. The molecule has 0 unspecified atom stereocenters. The van der Waals surface area contributed by atoms with Crippen LogP contribution in [0.3, 0.4) is 0 Å². The molecule has 2 aliphatic rings. The number of nitrogens with one attached hydrogen (secondary N) is 1. The standard InChI is InChI=1S/C17H22ClNOS/c1-11(14-9-12-6-7-13(14)8-12)19-17(20)10-21-16-5-3-2-4-15(16)18/h2-5,11-14H,6-10H2,1H3,(H,19,20)/t11-,12+,13+,14+/m0/s1. The molecule has 1 N–H and O–H groups in total. The number of thioether (sulfide) groups is 1. The van der Waals surface area contributed by atoms with Crippen LogP contribution in [0.1, 0.15) is 32.6 Å². The molecule has 114 valence electrons. The number of carbonyl (C=O) groups is 1. The third kappa shape index (κ3) is 3.57. The van der Waals surface area contributed by atoms with Crippen LogP contribution in [0.2, 0.25) is 5.02 Å². The minimum Gasteiger partial charge on any atom is -0.353 e. The molecule has 2 saturated carbocycles. The summed E-state index contributed by atoms with van der Waals surface area (Å²) in [6.07, 6.45) is 5.47. The molecule has 0 aromatic heterocycles. The van der Waals surface area contributed by atoms with E-state index in [9.17, 15) is 4.79 Å². The van der Waals surface area contributed by atoms with Gasteiger partial charge < -0.3 is 5.32 Å². The lowest BCUT2D eigenvalue weighted by atomic mass is 9.84. The molecule has 1 aromatic carbocycles. The molecule has 2 nitrogen and oxygen atoms in total. The zero-order chi connectivity index (χ0) is 14.8. The number of halogens is 1. The van der Waals surface area contributed by atoms with Crippen molar-refractivity contribution < 1.29 is 4.79 Å². The van der Waals surface area contributed by atoms with Gasteiger partial charge in [-0.2, -0.15) is 0 Å². The molecule has 2 bridgehead atoms. The Balaban J connectivity index is 1.47. The molecule has 4 heteroatoms. The number of hydrogen-bond acceptors (Lipinski definition) is 2. The van der Waals surface area contributed by atoms with Gasteiger partial charge in [0.05, 0.1) is 10.8 Å². The van der Waals surface area contributed by atoms with Crippen molar-refractivity contribution in [1.82, 2.24) is 5.32 Å². The van der Waals surface area contributed by atoms with Crippen molar-refractivity contribution in [1.29, 1.82) is 0 Å². The Labute approximate surface area is 136 Å². The van der Waals surface area contributed by atoms with Crippen LogP contribution in [0.4, 0.5) is 0 Å². The second kappa shape index (κ2) is 6.62. The molecule has 1 amide bonds. The topological polar surface area (TPSA) is 29.1 Å². The lowest BCUT2D eigenvalue weighted by molar-refractivity contribution is -0.119. The van der Waals surface area contributed by atoms with Gasteiger partial charge in [0.25, 0.3) is 0 Å². The van der Waals surface area contributed by atoms with Gasteiger partial charge in [0.2, 0.25) is 5.91 Å². The quantitative estimate of drug-likeness (QED) is 0.815. The molecule has 0 heterocycles. The summed E-state index contributed by atoms with van der Waals surface area (Å²) in [6, 6.07) is 7.98. The normalized spacial score (nSPS) is 28.6. The maximum atomic E-state index is 12.1. The Hall–Kier alpha value is -0.670. The highest BCUT2D eigenvalue weighted by molar-refractivity contribution is 8.00. The van der Waals surface area contributed by atoms with Crippen LogP contribution < -0.4 is 5.32 Å². The molecule has 2 aliphatic carbocycles. The van der Waals surface area contributed by atoms with Gasteiger partial charge in [-0.05, 0) is 56.1 Å². The lowest BCUT2D eigenvalue weighted by Crippen LogP contribution is -2.40. The zero-order valence-electron chi connectivity index (χ0n) is 12.3. The van der Waals surface area contributed by atoms with Gasteiger partial charge in [0, 0.05) is 10.9 Å². The Bertz CT molecular complexity index is 521. The maximum absolute atomic E-state index is 12.1. The summed E-state index contributed by atoms with van der Waals surface area (Å²) in [5, 5.41) is 3.91. The van der Waals surface area contributed by atoms with Gasteiger partial charge in [-0.3, -0.25) is 4.79 Å². The van der Waals surface area contributed by atoms with E-state index in [-0.39, 0.29) is 5.91 Å². The summed E-state index contributed by atoms with van der Waals surface area (Å²) in [7, 11) is 0. The fourth-order valence-corrected chi connectivity index (χ4v) is 5.06. The van der Waals surface area contributed by atoms with E-state index in [1.165, 1.54) is 37.4 Å². The Kier molecular flexibility index (Phi) is 4.80. The average molecular weight is 324 g/mol. The molecule has 0 aliphatic heterocycles. The third-order valence-corrected chi connectivity index (χ3v) is 6.53. The molecule has 0 radical (unpaired) electrons. The van der Waals surface area contributed by atoms with E-state index in [4.69, 9.17) is 11.6 Å². The van der Waals surface area contributed by atoms with E-state index in [1.54, 1.807) is 0 Å². The van der Waals surface area contributed by atoms with Crippen LogP contribution in [0.5, 0.6) is 0 Å². The summed E-state index contributed by atoms with van der Waals surface area (Å²) in [4.78, 5) is 13.1. The third-order valence-electron chi connectivity index (χ3n) is 5.02. The fraction of sp³-hybridized carbons (Fsp3) is 0.588. The van der Waals surface area contributed by atoms with Gasteiger partial charge in [-0.25, -0.2) is 0 Å². The fourth-order valence-electron chi connectivity index (χ4n) is 4.01. The predicted octanol–water partition coefficient (Wildman–Crippen LogP) is 4.37. The average Bonchev–Trinajstić information content (AvgIpc) is 3.09. The van der Waals surface area contributed by atoms with Crippen LogP contribution in [-0.2, 0) is 4.79 Å². The monoisotopic (exact) mass is 323 g/mol. The van der Waals surface area contributed by atoms with Crippen LogP contribution in [0.25, 0.3) is 0 Å². The minimum absolute atomic E-state index is 0.121. The number of fused-ring (bicyclic) bond motifs is 2. The largest absolute Gasteiger partial charge is 0.353 e. The maximum Gasteiger partial charge on any atom is 0.230 e. The van der Waals surface area contributed by atoms with Crippen molar-refractivity contribution in [3.63, 3.8) is 0 Å². The highest BCUT2D eigenvalue weighted by Gasteiger charge is 2.42. The molecule has 0 spiro atoms. The highest BCUT2D eigenvalue weighted by atomic mass is 35.5. The summed E-state index contributed by atoms with van der Waals surface area (Å²) in [5.41, 5.74) is 0.